The van der Waals surface area contributed by atoms with Crippen LogP contribution in [-0.4, -0.2) is 13.0 Å². The number of rotatable bonds is 5. The highest BCUT2D eigenvalue weighted by atomic mass is 19.4. The predicted molar refractivity (Wildman–Crippen MR) is 94.3 cm³/mol. The van der Waals surface area contributed by atoms with Crippen LogP contribution in [0, 0.1) is 11.6 Å². The zero-order valence-corrected chi connectivity index (χ0v) is 16.2. The van der Waals surface area contributed by atoms with Crippen molar-refractivity contribution in [3.8, 4) is 11.5 Å². The van der Waals surface area contributed by atoms with E-state index in [0.29, 0.717) is 17.2 Å². The summed E-state index contributed by atoms with van der Waals surface area (Å²) in [6.45, 7) is 4.29. The lowest BCUT2D eigenvalue weighted by Crippen LogP contribution is -2.17. The molecule has 0 amide bonds. The van der Waals surface area contributed by atoms with Gasteiger partial charge in [-0.05, 0) is 47.2 Å². The molecule has 2 aromatic rings. The average molecular weight is 426 g/mol. The fraction of sp³-hybridized carbons (Fsp3) is 0.400. The second kappa shape index (κ2) is 10.4. The number of hydrogen-bond donors (Lipinski definition) is 0. The highest BCUT2D eigenvalue weighted by Crippen LogP contribution is 2.27. The summed E-state index contributed by atoms with van der Waals surface area (Å²) < 4.78 is 92.8. The number of halogens is 7. The van der Waals surface area contributed by atoms with Gasteiger partial charge in [-0.15, -0.1) is 13.2 Å². The van der Waals surface area contributed by atoms with Crippen molar-refractivity contribution in [1.29, 1.82) is 0 Å². The van der Waals surface area contributed by atoms with Gasteiger partial charge in [0.05, 0.1) is 0 Å². The molecule has 0 heterocycles. The monoisotopic (exact) mass is 426 g/mol. The number of ether oxygens (including phenoxy) is 2. The lowest BCUT2D eigenvalue weighted by Gasteiger charge is -2.11. The third kappa shape index (κ3) is 9.54. The van der Waals surface area contributed by atoms with E-state index in [9.17, 15) is 30.7 Å². The lowest BCUT2D eigenvalue weighted by molar-refractivity contribution is -0.274. The van der Waals surface area contributed by atoms with E-state index in [0.717, 1.165) is 6.07 Å². The second-order valence-electron chi connectivity index (χ2n) is 6.68. The van der Waals surface area contributed by atoms with Crippen LogP contribution < -0.4 is 9.47 Å². The molecule has 0 atom stereocenters. The number of alkyl halides is 5. The Morgan fingerprint density at radius 3 is 1.48 bits per heavy atom. The van der Waals surface area contributed by atoms with Gasteiger partial charge in [0.15, 0.2) is 0 Å². The van der Waals surface area contributed by atoms with E-state index in [4.69, 9.17) is 0 Å². The summed E-state index contributed by atoms with van der Waals surface area (Å²) in [6, 6.07) is 6.75. The van der Waals surface area contributed by atoms with Gasteiger partial charge in [0.2, 0.25) is 0 Å². The largest absolute Gasteiger partial charge is 0.573 e. The summed E-state index contributed by atoms with van der Waals surface area (Å²) in [5.74, 6) is -1.94. The van der Waals surface area contributed by atoms with Crippen molar-refractivity contribution in [2.45, 2.75) is 52.5 Å². The standard InChI is InChI=1S/C10H10F4O.C10H11F3O/c1-6(2)7-3-8(11)5-9(4-7)15-10(12,13)14;1-6(2)7-3-8(11)5-9(4-7)14-10(12)13/h3-6H,1-2H3;3-6,10H,1-2H3. The molecule has 0 aliphatic heterocycles. The Hall–Kier alpha value is -2.45. The molecule has 0 radical (unpaired) electrons. The van der Waals surface area contributed by atoms with Crippen molar-refractivity contribution in [1.82, 2.24) is 0 Å². The van der Waals surface area contributed by atoms with Crippen LogP contribution in [0.2, 0.25) is 0 Å². The molecule has 0 saturated carbocycles. The quantitative estimate of drug-likeness (QED) is 0.464. The van der Waals surface area contributed by atoms with Crippen molar-refractivity contribution < 1.29 is 40.2 Å². The van der Waals surface area contributed by atoms with Gasteiger partial charge >= 0.3 is 13.0 Å². The zero-order valence-electron chi connectivity index (χ0n) is 16.2. The van der Waals surface area contributed by atoms with Crippen LogP contribution in [0.25, 0.3) is 0 Å². The van der Waals surface area contributed by atoms with E-state index in [1.807, 2.05) is 13.8 Å². The minimum absolute atomic E-state index is 0.0590. The summed E-state index contributed by atoms with van der Waals surface area (Å²) in [5, 5.41) is 0. The van der Waals surface area contributed by atoms with E-state index >= 15 is 0 Å². The summed E-state index contributed by atoms with van der Waals surface area (Å²) in [5.41, 5.74) is 1.11. The molecule has 2 rings (SSSR count). The lowest BCUT2D eigenvalue weighted by atomic mass is 10.0. The van der Waals surface area contributed by atoms with Gasteiger partial charge in [0.1, 0.15) is 23.1 Å². The second-order valence-corrected chi connectivity index (χ2v) is 6.68. The highest BCUT2D eigenvalue weighted by molar-refractivity contribution is 5.32. The van der Waals surface area contributed by atoms with E-state index in [2.05, 4.69) is 9.47 Å². The molecule has 0 bridgehead atoms. The molecular weight excluding hydrogens is 405 g/mol. The maximum atomic E-state index is 12.9. The Balaban J connectivity index is 0.000000291. The molecular formula is C20H21F7O2. The summed E-state index contributed by atoms with van der Waals surface area (Å²) in [7, 11) is 0. The topological polar surface area (TPSA) is 18.5 Å². The Bertz CT molecular complexity index is 787. The maximum Gasteiger partial charge on any atom is 0.573 e. The SMILES string of the molecule is CC(C)c1cc(F)cc(OC(F)(F)F)c1.CC(C)c1cc(F)cc(OC(F)F)c1. The molecule has 2 nitrogen and oxygen atoms in total. The van der Waals surface area contributed by atoms with Crippen LogP contribution in [0.4, 0.5) is 30.7 Å². The molecule has 0 N–H and O–H groups in total. The van der Waals surface area contributed by atoms with Crippen LogP contribution in [-0.2, 0) is 0 Å². The fourth-order valence-corrected chi connectivity index (χ4v) is 2.20. The molecule has 2 aromatic carbocycles. The van der Waals surface area contributed by atoms with Gasteiger partial charge in [0, 0.05) is 12.1 Å². The van der Waals surface area contributed by atoms with Crippen LogP contribution in [0.3, 0.4) is 0 Å². The van der Waals surface area contributed by atoms with Crippen molar-refractivity contribution in [2.24, 2.45) is 0 Å². The molecule has 0 spiro atoms. The highest BCUT2D eigenvalue weighted by Gasteiger charge is 2.31. The van der Waals surface area contributed by atoms with Gasteiger partial charge in [-0.2, -0.15) is 8.78 Å². The molecule has 0 saturated heterocycles. The summed E-state index contributed by atoms with van der Waals surface area (Å²) >= 11 is 0. The van der Waals surface area contributed by atoms with Crippen LogP contribution in [0.1, 0.15) is 50.7 Å². The first kappa shape index (κ1) is 24.6. The zero-order chi connectivity index (χ0) is 22.4. The first-order chi connectivity index (χ1) is 13.3. The smallest absolute Gasteiger partial charge is 0.435 e. The maximum absolute atomic E-state index is 12.9. The van der Waals surface area contributed by atoms with Crippen LogP contribution in [0.15, 0.2) is 36.4 Å². The third-order valence-electron chi connectivity index (χ3n) is 3.58. The molecule has 29 heavy (non-hydrogen) atoms. The molecule has 9 heteroatoms. The molecule has 0 aliphatic carbocycles. The van der Waals surface area contributed by atoms with Crippen molar-refractivity contribution in [3.63, 3.8) is 0 Å². The van der Waals surface area contributed by atoms with Gasteiger partial charge in [-0.3, -0.25) is 0 Å². The average Bonchev–Trinajstić information content (AvgIpc) is 2.51. The first-order valence-corrected chi connectivity index (χ1v) is 8.58. The molecule has 162 valence electrons. The Labute approximate surface area is 164 Å². The molecule has 0 fully saturated rings. The van der Waals surface area contributed by atoms with Gasteiger partial charge < -0.3 is 9.47 Å². The Kier molecular flexibility index (Phi) is 8.79. The predicted octanol–water partition coefficient (Wildman–Crippen LogP) is 7.40. The van der Waals surface area contributed by atoms with Gasteiger partial charge in [-0.1, -0.05) is 27.7 Å². The molecule has 0 aliphatic rings. The molecule has 0 unspecified atom stereocenters. The minimum Gasteiger partial charge on any atom is -0.435 e. The first-order valence-electron chi connectivity index (χ1n) is 8.58. The minimum atomic E-state index is -4.79. The van der Waals surface area contributed by atoms with Gasteiger partial charge in [-0.25, -0.2) is 8.78 Å². The Morgan fingerprint density at radius 2 is 1.10 bits per heavy atom. The summed E-state index contributed by atoms with van der Waals surface area (Å²) in [6.07, 6.45) is -4.79. The normalized spacial score (nSPS) is 11.5. The van der Waals surface area contributed by atoms with E-state index < -0.39 is 30.4 Å². The van der Waals surface area contributed by atoms with Crippen molar-refractivity contribution in [2.75, 3.05) is 0 Å². The van der Waals surface area contributed by atoms with Gasteiger partial charge in [0.25, 0.3) is 0 Å². The molecule has 0 aromatic heterocycles. The Morgan fingerprint density at radius 1 is 0.690 bits per heavy atom. The van der Waals surface area contributed by atoms with E-state index in [1.54, 1.807) is 13.8 Å². The van der Waals surface area contributed by atoms with Crippen LogP contribution in [0.5, 0.6) is 11.5 Å². The third-order valence-corrected chi connectivity index (χ3v) is 3.58. The number of benzene rings is 2. The van der Waals surface area contributed by atoms with E-state index in [-0.39, 0.29) is 17.6 Å². The van der Waals surface area contributed by atoms with Crippen molar-refractivity contribution in [3.05, 3.63) is 59.2 Å². The van der Waals surface area contributed by atoms with Crippen molar-refractivity contribution >= 4 is 0 Å². The van der Waals surface area contributed by atoms with E-state index in [1.165, 1.54) is 24.3 Å². The fourth-order valence-electron chi connectivity index (χ4n) is 2.20. The van der Waals surface area contributed by atoms with Crippen LogP contribution >= 0.6 is 0 Å². The number of hydrogen-bond acceptors (Lipinski definition) is 2. The summed E-state index contributed by atoms with van der Waals surface area (Å²) in [4.78, 5) is 0.